The standard InChI is InChI=1S/C18H21N5O/c1-13-11-22(16-6-5-14(2)20-21-16)12-18(13)7-9-23(17(18)24)15-4-3-8-19-10-15/h3-6,8,10,13H,7,9,11-12H2,1-2H3/t13-,18-/m0/s1. The molecule has 2 fully saturated rings. The van der Waals surface area contributed by atoms with Gasteiger partial charge in [0.2, 0.25) is 5.91 Å². The summed E-state index contributed by atoms with van der Waals surface area (Å²) < 4.78 is 0. The highest BCUT2D eigenvalue weighted by molar-refractivity contribution is 6.00. The molecular weight excluding hydrogens is 302 g/mol. The number of anilines is 2. The fourth-order valence-electron chi connectivity index (χ4n) is 3.95. The van der Waals surface area contributed by atoms with E-state index < -0.39 is 0 Å². The minimum Gasteiger partial charge on any atom is -0.354 e. The molecule has 0 radical (unpaired) electrons. The van der Waals surface area contributed by atoms with Crippen molar-refractivity contribution in [2.45, 2.75) is 20.3 Å². The topological polar surface area (TPSA) is 62.2 Å². The van der Waals surface area contributed by atoms with Crippen molar-refractivity contribution in [2.24, 2.45) is 11.3 Å². The number of rotatable bonds is 2. The van der Waals surface area contributed by atoms with E-state index in [1.807, 2.05) is 36.1 Å². The molecule has 24 heavy (non-hydrogen) atoms. The summed E-state index contributed by atoms with van der Waals surface area (Å²) in [4.78, 5) is 21.4. The third kappa shape index (κ3) is 2.25. The molecule has 6 nitrogen and oxygen atoms in total. The Balaban J connectivity index is 1.59. The third-order valence-corrected chi connectivity index (χ3v) is 5.43. The first kappa shape index (κ1) is 15.1. The van der Waals surface area contributed by atoms with Gasteiger partial charge in [-0.2, -0.15) is 5.10 Å². The summed E-state index contributed by atoms with van der Waals surface area (Å²) in [7, 11) is 0. The van der Waals surface area contributed by atoms with E-state index in [2.05, 4.69) is 27.0 Å². The number of amides is 1. The number of carbonyl (C=O) groups excluding carboxylic acids is 1. The molecule has 6 heteroatoms. The number of hydrogen-bond donors (Lipinski definition) is 0. The Bertz CT molecular complexity index is 748. The van der Waals surface area contributed by atoms with Crippen LogP contribution in [-0.2, 0) is 4.79 Å². The van der Waals surface area contributed by atoms with Crippen molar-refractivity contribution in [1.29, 1.82) is 0 Å². The number of carbonyl (C=O) groups is 1. The van der Waals surface area contributed by atoms with Crippen LogP contribution in [0.1, 0.15) is 19.0 Å². The van der Waals surface area contributed by atoms with E-state index in [1.165, 1.54) is 0 Å². The molecule has 0 saturated carbocycles. The fourth-order valence-corrected chi connectivity index (χ4v) is 3.95. The van der Waals surface area contributed by atoms with Crippen molar-refractivity contribution in [2.75, 3.05) is 29.4 Å². The van der Waals surface area contributed by atoms with E-state index >= 15 is 0 Å². The molecule has 0 N–H and O–H groups in total. The van der Waals surface area contributed by atoms with Crippen molar-refractivity contribution < 1.29 is 4.79 Å². The summed E-state index contributed by atoms with van der Waals surface area (Å²) in [5.41, 5.74) is 1.46. The van der Waals surface area contributed by atoms with Crippen LogP contribution in [0.2, 0.25) is 0 Å². The number of nitrogens with zero attached hydrogens (tertiary/aromatic N) is 5. The molecule has 0 aromatic carbocycles. The normalized spacial score (nSPS) is 26.6. The third-order valence-electron chi connectivity index (χ3n) is 5.43. The molecule has 1 amide bonds. The molecule has 4 rings (SSSR count). The molecule has 1 spiro atoms. The molecule has 2 aliphatic rings. The van der Waals surface area contributed by atoms with Gasteiger partial charge in [0, 0.05) is 25.8 Å². The minimum atomic E-state index is -0.331. The SMILES string of the molecule is Cc1ccc(N2C[C@H](C)[C@]3(CCN(c4cccnc4)C3=O)C2)nn1. The van der Waals surface area contributed by atoms with Crippen LogP contribution in [-0.4, -0.2) is 40.7 Å². The van der Waals surface area contributed by atoms with Gasteiger partial charge in [0.1, 0.15) is 0 Å². The molecule has 124 valence electrons. The first-order valence-electron chi connectivity index (χ1n) is 8.37. The van der Waals surface area contributed by atoms with Gasteiger partial charge in [0.25, 0.3) is 0 Å². The summed E-state index contributed by atoms with van der Waals surface area (Å²) in [6, 6.07) is 7.79. The quantitative estimate of drug-likeness (QED) is 0.846. The Labute approximate surface area is 141 Å². The van der Waals surface area contributed by atoms with Gasteiger partial charge in [-0.25, -0.2) is 0 Å². The van der Waals surface area contributed by atoms with E-state index in [0.717, 1.165) is 36.7 Å². The highest BCUT2D eigenvalue weighted by Crippen LogP contribution is 2.46. The maximum absolute atomic E-state index is 13.2. The number of aromatic nitrogens is 3. The van der Waals surface area contributed by atoms with E-state index in [4.69, 9.17) is 0 Å². The lowest BCUT2D eigenvalue weighted by atomic mass is 9.78. The Morgan fingerprint density at radius 3 is 2.83 bits per heavy atom. The second-order valence-electron chi connectivity index (χ2n) is 6.89. The zero-order chi connectivity index (χ0) is 16.7. The summed E-state index contributed by atoms with van der Waals surface area (Å²) >= 11 is 0. The summed E-state index contributed by atoms with van der Waals surface area (Å²) in [5.74, 6) is 1.36. The molecule has 2 aromatic rings. The highest BCUT2D eigenvalue weighted by atomic mass is 16.2. The minimum absolute atomic E-state index is 0.213. The Kier molecular flexibility index (Phi) is 3.48. The molecule has 2 saturated heterocycles. The molecule has 2 aliphatic heterocycles. The maximum Gasteiger partial charge on any atom is 0.235 e. The van der Waals surface area contributed by atoms with Gasteiger partial charge in [-0.1, -0.05) is 6.92 Å². The zero-order valence-corrected chi connectivity index (χ0v) is 14.0. The Hall–Kier alpha value is -2.50. The van der Waals surface area contributed by atoms with Crippen molar-refractivity contribution >= 4 is 17.4 Å². The smallest absolute Gasteiger partial charge is 0.235 e. The Morgan fingerprint density at radius 1 is 1.25 bits per heavy atom. The van der Waals surface area contributed by atoms with Crippen LogP contribution in [0, 0.1) is 18.3 Å². The van der Waals surface area contributed by atoms with E-state index in [9.17, 15) is 4.79 Å². The first-order valence-corrected chi connectivity index (χ1v) is 8.37. The van der Waals surface area contributed by atoms with Gasteiger partial charge in [-0.3, -0.25) is 9.78 Å². The number of hydrogen-bond acceptors (Lipinski definition) is 5. The molecule has 2 atom stereocenters. The van der Waals surface area contributed by atoms with Gasteiger partial charge < -0.3 is 9.80 Å². The van der Waals surface area contributed by atoms with Crippen LogP contribution in [0.25, 0.3) is 0 Å². The fraction of sp³-hybridized carbons (Fsp3) is 0.444. The lowest BCUT2D eigenvalue weighted by molar-refractivity contribution is -0.126. The van der Waals surface area contributed by atoms with Crippen LogP contribution < -0.4 is 9.80 Å². The predicted octanol–water partition coefficient (Wildman–Crippen LogP) is 2.06. The molecule has 2 aromatic heterocycles. The number of aryl methyl sites for hydroxylation is 1. The molecule has 0 unspecified atom stereocenters. The molecule has 4 heterocycles. The van der Waals surface area contributed by atoms with Crippen LogP contribution in [0.5, 0.6) is 0 Å². The Morgan fingerprint density at radius 2 is 2.12 bits per heavy atom. The zero-order valence-electron chi connectivity index (χ0n) is 14.0. The summed E-state index contributed by atoms with van der Waals surface area (Å²) in [5, 5.41) is 8.44. The highest BCUT2D eigenvalue weighted by Gasteiger charge is 2.55. The second kappa shape index (κ2) is 5.54. The van der Waals surface area contributed by atoms with Gasteiger partial charge in [-0.15, -0.1) is 5.10 Å². The van der Waals surface area contributed by atoms with Gasteiger partial charge >= 0.3 is 0 Å². The van der Waals surface area contributed by atoms with Crippen LogP contribution in [0.4, 0.5) is 11.5 Å². The molecule has 0 aliphatic carbocycles. The number of pyridine rings is 1. The van der Waals surface area contributed by atoms with Crippen LogP contribution in [0.3, 0.4) is 0 Å². The van der Waals surface area contributed by atoms with Crippen molar-refractivity contribution in [1.82, 2.24) is 15.2 Å². The summed E-state index contributed by atoms with van der Waals surface area (Å²) in [6.45, 7) is 6.40. The largest absolute Gasteiger partial charge is 0.354 e. The molecule has 0 bridgehead atoms. The van der Waals surface area contributed by atoms with E-state index in [0.29, 0.717) is 6.54 Å². The predicted molar refractivity (Wildman–Crippen MR) is 91.8 cm³/mol. The monoisotopic (exact) mass is 323 g/mol. The maximum atomic E-state index is 13.2. The average Bonchev–Trinajstić information content (AvgIpc) is 3.11. The van der Waals surface area contributed by atoms with Crippen molar-refractivity contribution in [3.05, 3.63) is 42.4 Å². The average molecular weight is 323 g/mol. The van der Waals surface area contributed by atoms with E-state index in [-0.39, 0.29) is 17.2 Å². The van der Waals surface area contributed by atoms with Gasteiger partial charge in [-0.05, 0) is 43.5 Å². The van der Waals surface area contributed by atoms with E-state index in [1.54, 1.807) is 12.4 Å². The van der Waals surface area contributed by atoms with Gasteiger partial charge in [0.15, 0.2) is 5.82 Å². The molecular formula is C18H21N5O. The van der Waals surface area contributed by atoms with Crippen molar-refractivity contribution in [3.8, 4) is 0 Å². The van der Waals surface area contributed by atoms with Crippen LogP contribution in [0.15, 0.2) is 36.7 Å². The first-order chi connectivity index (χ1) is 11.6. The lowest BCUT2D eigenvalue weighted by Crippen LogP contribution is -2.39. The van der Waals surface area contributed by atoms with Crippen LogP contribution >= 0.6 is 0 Å². The van der Waals surface area contributed by atoms with Crippen molar-refractivity contribution in [3.63, 3.8) is 0 Å². The van der Waals surface area contributed by atoms with Gasteiger partial charge in [0.05, 0.1) is 23.0 Å². The summed E-state index contributed by atoms with van der Waals surface area (Å²) in [6.07, 6.45) is 4.37. The second-order valence-corrected chi connectivity index (χ2v) is 6.89. The lowest BCUT2D eigenvalue weighted by Gasteiger charge is -2.26.